The van der Waals surface area contributed by atoms with Crippen molar-refractivity contribution in [1.29, 1.82) is 0 Å². The van der Waals surface area contributed by atoms with E-state index < -0.39 is 0 Å². The van der Waals surface area contributed by atoms with Gasteiger partial charge in [-0.2, -0.15) is 0 Å². The summed E-state index contributed by atoms with van der Waals surface area (Å²) in [4.78, 5) is 11.0. The van der Waals surface area contributed by atoms with E-state index in [1.54, 1.807) is 12.4 Å². The second-order valence-corrected chi connectivity index (χ2v) is 7.08. The Bertz CT molecular complexity index is 685. The molecule has 2 aromatic rings. The minimum absolute atomic E-state index is 0.210. The zero-order chi connectivity index (χ0) is 17.2. The van der Waals surface area contributed by atoms with Crippen LogP contribution in [0.5, 0.6) is 0 Å². The van der Waals surface area contributed by atoms with E-state index in [0.717, 1.165) is 44.2 Å². The number of likely N-dealkylation sites (tertiary alicyclic amines) is 1. The number of piperidine rings is 1. The molecule has 0 bridgehead atoms. The van der Waals surface area contributed by atoms with Crippen molar-refractivity contribution in [1.82, 2.24) is 20.0 Å². The summed E-state index contributed by atoms with van der Waals surface area (Å²) in [5, 5.41) is 7.38. The lowest BCUT2D eigenvalue weighted by Crippen LogP contribution is -2.43. The Kier molecular flexibility index (Phi) is 4.67. The van der Waals surface area contributed by atoms with Gasteiger partial charge in [-0.3, -0.25) is 4.90 Å². The number of ether oxygens (including phenoxy) is 1. The molecule has 4 heterocycles. The van der Waals surface area contributed by atoms with E-state index in [0.29, 0.717) is 17.8 Å². The third kappa shape index (κ3) is 3.52. The molecule has 2 aromatic heterocycles. The zero-order valence-corrected chi connectivity index (χ0v) is 14.8. The molecule has 0 aliphatic carbocycles. The van der Waals surface area contributed by atoms with Gasteiger partial charge in [0.2, 0.25) is 5.95 Å². The van der Waals surface area contributed by atoms with Gasteiger partial charge in [-0.1, -0.05) is 5.16 Å². The van der Waals surface area contributed by atoms with Gasteiger partial charge in [-0.25, -0.2) is 9.97 Å². The van der Waals surface area contributed by atoms with E-state index in [1.807, 2.05) is 19.9 Å². The first-order chi connectivity index (χ1) is 12.2. The molecule has 2 fully saturated rings. The third-order valence-corrected chi connectivity index (χ3v) is 5.48. The predicted molar refractivity (Wildman–Crippen MR) is 93.1 cm³/mol. The van der Waals surface area contributed by atoms with Crippen molar-refractivity contribution < 1.29 is 9.26 Å². The maximum Gasteiger partial charge on any atom is 0.222 e. The van der Waals surface area contributed by atoms with Crippen LogP contribution in [0.25, 0.3) is 0 Å². The average Bonchev–Trinajstić information content (AvgIpc) is 3.18. The van der Waals surface area contributed by atoms with Crippen molar-refractivity contribution in [3.8, 4) is 0 Å². The Labute approximate surface area is 147 Å². The first-order valence-electron chi connectivity index (χ1n) is 8.97. The number of hydrogen-bond donors (Lipinski definition) is 1. The number of fused-ring (bicyclic) bond motifs is 1. The van der Waals surface area contributed by atoms with E-state index in [1.165, 1.54) is 12.0 Å². The standard InChI is InChI=1S/C18H25N5O2/c1-12-15(13(2)25-22-12)9-23-7-4-14-11-24-17(16(14)10-23)8-21-18-19-5-3-6-20-18/h3,5-6,14,16-17H,4,7-11H2,1-2H3,(H,19,20,21)/t14-,16-,17+/m0/s1. The first kappa shape index (κ1) is 16.5. The molecule has 2 saturated heterocycles. The summed E-state index contributed by atoms with van der Waals surface area (Å²) in [5.74, 6) is 2.80. The van der Waals surface area contributed by atoms with Crippen LogP contribution < -0.4 is 5.32 Å². The molecule has 0 saturated carbocycles. The molecule has 4 rings (SSSR count). The number of anilines is 1. The Morgan fingerprint density at radius 1 is 1.28 bits per heavy atom. The van der Waals surface area contributed by atoms with Crippen LogP contribution in [0.2, 0.25) is 0 Å². The predicted octanol–water partition coefficient (Wildman–Crippen LogP) is 2.03. The van der Waals surface area contributed by atoms with E-state index >= 15 is 0 Å². The van der Waals surface area contributed by atoms with Crippen molar-refractivity contribution >= 4 is 5.95 Å². The van der Waals surface area contributed by atoms with Crippen LogP contribution in [0, 0.1) is 25.7 Å². The maximum absolute atomic E-state index is 6.08. The molecule has 0 unspecified atom stereocenters. The van der Waals surface area contributed by atoms with Crippen LogP contribution in [0.1, 0.15) is 23.4 Å². The highest BCUT2D eigenvalue weighted by atomic mass is 16.5. The van der Waals surface area contributed by atoms with Gasteiger partial charge in [0.25, 0.3) is 0 Å². The van der Waals surface area contributed by atoms with Crippen LogP contribution in [0.15, 0.2) is 23.0 Å². The molecule has 25 heavy (non-hydrogen) atoms. The average molecular weight is 343 g/mol. The normalized spacial score (nSPS) is 26.6. The van der Waals surface area contributed by atoms with Gasteiger partial charge in [-0.05, 0) is 38.8 Å². The summed E-state index contributed by atoms with van der Waals surface area (Å²) < 4.78 is 11.4. The summed E-state index contributed by atoms with van der Waals surface area (Å²) in [7, 11) is 0. The summed E-state index contributed by atoms with van der Waals surface area (Å²) >= 11 is 0. The molecule has 0 amide bonds. The smallest absolute Gasteiger partial charge is 0.222 e. The van der Waals surface area contributed by atoms with Crippen LogP contribution in [-0.4, -0.2) is 52.4 Å². The summed E-state index contributed by atoms with van der Waals surface area (Å²) in [6.07, 6.45) is 4.90. The minimum atomic E-state index is 0.210. The van der Waals surface area contributed by atoms with Crippen molar-refractivity contribution in [2.24, 2.45) is 11.8 Å². The van der Waals surface area contributed by atoms with E-state index in [2.05, 4.69) is 25.3 Å². The highest BCUT2D eigenvalue weighted by molar-refractivity contribution is 5.23. The summed E-state index contributed by atoms with van der Waals surface area (Å²) in [6.45, 7) is 8.70. The molecule has 134 valence electrons. The largest absolute Gasteiger partial charge is 0.376 e. The van der Waals surface area contributed by atoms with Gasteiger partial charge < -0.3 is 14.6 Å². The number of rotatable bonds is 5. The number of nitrogens with zero attached hydrogens (tertiary/aromatic N) is 4. The Morgan fingerprint density at radius 2 is 2.12 bits per heavy atom. The molecule has 3 atom stereocenters. The lowest BCUT2D eigenvalue weighted by Gasteiger charge is -2.36. The van der Waals surface area contributed by atoms with Crippen molar-refractivity contribution in [3.05, 3.63) is 35.5 Å². The quantitative estimate of drug-likeness (QED) is 0.890. The third-order valence-electron chi connectivity index (χ3n) is 5.48. The van der Waals surface area contributed by atoms with Crippen LogP contribution in [0.3, 0.4) is 0 Å². The molecule has 2 aliphatic heterocycles. The topological polar surface area (TPSA) is 76.3 Å². The van der Waals surface area contributed by atoms with Crippen molar-refractivity contribution in [3.63, 3.8) is 0 Å². The second-order valence-electron chi connectivity index (χ2n) is 7.08. The van der Waals surface area contributed by atoms with Crippen molar-refractivity contribution in [2.75, 3.05) is 31.6 Å². The van der Waals surface area contributed by atoms with E-state index in [4.69, 9.17) is 9.26 Å². The number of aryl methyl sites for hydroxylation is 2. The molecule has 0 radical (unpaired) electrons. The van der Waals surface area contributed by atoms with E-state index in [-0.39, 0.29) is 6.10 Å². The fourth-order valence-corrected chi connectivity index (χ4v) is 3.99. The minimum Gasteiger partial charge on any atom is -0.376 e. The van der Waals surface area contributed by atoms with Gasteiger partial charge in [0.15, 0.2) is 0 Å². The van der Waals surface area contributed by atoms with Crippen LogP contribution in [-0.2, 0) is 11.3 Å². The Morgan fingerprint density at radius 3 is 2.88 bits per heavy atom. The SMILES string of the molecule is Cc1noc(C)c1CN1CC[C@H]2CO[C@H](CNc3ncccn3)[C@H]2C1. The molecule has 7 nitrogen and oxygen atoms in total. The highest BCUT2D eigenvalue weighted by Gasteiger charge is 2.40. The molecular weight excluding hydrogens is 318 g/mol. The molecule has 0 spiro atoms. The monoisotopic (exact) mass is 343 g/mol. The van der Waals surface area contributed by atoms with Crippen molar-refractivity contribution in [2.45, 2.75) is 32.9 Å². The highest BCUT2D eigenvalue weighted by Crippen LogP contribution is 2.35. The summed E-state index contributed by atoms with van der Waals surface area (Å²) in [5.41, 5.74) is 2.23. The summed E-state index contributed by atoms with van der Waals surface area (Å²) in [6, 6.07) is 1.82. The fraction of sp³-hybridized carbons (Fsp3) is 0.611. The van der Waals surface area contributed by atoms with Gasteiger partial charge in [-0.15, -0.1) is 0 Å². The Balaban J connectivity index is 1.37. The molecule has 1 N–H and O–H groups in total. The van der Waals surface area contributed by atoms with Gasteiger partial charge in [0.1, 0.15) is 5.76 Å². The van der Waals surface area contributed by atoms with Gasteiger partial charge in [0.05, 0.1) is 18.4 Å². The zero-order valence-electron chi connectivity index (χ0n) is 14.8. The maximum atomic E-state index is 6.08. The number of aromatic nitrogens is 3. The lowest BCUT2D eigenvalue weighted by atomic mass is 9.84. The van der Waals surface area contributed by atoms with E-state index in [9.17, 15) is 0 Å². The number of hydrogen-bond acceptors (Lipinski definition) is 7. The second kappa shape index (κ2) is 7.09. The fourth-order valence-electron chi connectivity index (χ4n) is 3.99. The molecule has 0 aromatic carbocycles. The molecule has 2 aliphatic rings. The molecule has 7 heteroatoms. The Hall–Kier alpha value is -1.99. The van der Waals surface area contributed by atoms with Gasteiger partial charge >= 0.3 is 0 Å². The van der Waals surface area contributed by atoms with Gasteiger partial charge in [0, 0.05) is 43.5 Å². The molecular formula is C18H25N5O2. The lowest BCUT2D eigenvalue weighted by molar-refractivity contribution is 0.0829. The van der Waals surface area contributed by atoms with Crippen LogP contribution in [0.4, 0.5) is 5.95 Å². The number of nitrogens with one attached hydrogen (secondary N) is 1. The van der Waals surface area contributed by atoms with Crippen LogP contribution >= 0.6 is 0 Å². The first-order valence-corrected chi connectivity index (χ1v) is 8.97.